The van der Waals surface area contributed by atoms with Crippen molar-refractivity contribution < 1.29 is 19.0 Å². The zero-order valence-electron chi connectivity index (χ0n) is 17.5. The van der Waals surface area contributed by atoms with E-state index < -0.39 is 5.79 Å². The van der Waals surface area contributed by atoms with E-state index >= 15 is 0 Å². The number of likely N-dealkylation sites (tertiary alicyclic amines) is 1. The molecule has 0 aromatic heterocycles. The van der Waals surface area contributed by atoms with Gasteiger partial charge in [0.2, 0.25) is 5.79 Å². The maximum atomic E-state index is 12.7. The Labute approximate surface area is 182 Å². The minimum absolute atomic E-state index is 0.0644. The van der Waals surface area contributed by atoms with E-state index in [1.807, 2.05) is 59.5 Å². The van der Waals surface area contributed by atoms with Gasteiger partial charge in [0, 0.05) is 37.1 Å². The van der Waals surface area contributed by atoms with Crippen LogP contribution in [0.5, 0.6) is 11.5 Å². The summed E-state index contributed by atoms with van der Waals surface area (Å²) in [6.45, 7) is 1.73. The first-order chi connectivity index (χ1) is 15.2. The number of methoxy groups -OCH3 is 1. The summed E-state index contributed by atoms with van der Waals surface area (Å²) in [6, 6.07) is 23.6. The van der Waals surface area contributed by atoms with E-state index in [1.165, 1.54) is 0 Å². The summed E-state index contributed by atoms with van der Waals surface area (Å²) in [5.41, 5.74) is 3.95. The molecule has 5 nitrogen and oxygen atoms in total. The molecule has 31 heavy (non-hydrogen) atoms. The number of fused-ring (bicyclic) bond motifs is 1. The van der Waals surface area contributed by atoms with Gasteiger partial charge in [0.25, 0.3) is 5.91 Å². The molecule has 5 heteroatoms. The second kappa shape index (κ2) is 8.08. The van der Waals surface area contributed by atoms with E-state index in [4.69, 9.17) is 14.2 Å². The molecule has 1 saturated heterocycles. The van der Waals surface area contributed by atoms with E-state index in [2.05, 4.69) is 18.2 Å². The van der Waals surface area contributed by atoms with Crippen molar-refractivity contribution >= 4 is 5.91 Å². The Hall–Kier alpha value is -3.31. The average Bonchev–Trinajstić information content (AvgIpc) is 2.84. The van der Waals surface area contributed by atoms with Gasteiger partial charge in [0.1, 0.15) is 11.5 Å². The lowest BCUT2D eigenvalue weighted by atomic mass is 9.98. The van der Waals surface area contributed by atoms with Crippen molar-refractivity contribution in [1.29, 1.82) is 0 Å². The molecule has 2 aliphatic rings. The second-order valence-corrected chi connectivity index (χ2v) is 8.01. The van der Waals surface area contributed by atoms with Crippen molar-refractivity contribution in [2.45, 2.75) is 25.2 Å². The zero-order chi connectivity index (χ0) is 21.3. The number of rotatable bonds is 3. The predicted molar refractivity (Wildman–Crippen MR) is 118 cm³/mol. The first kappa shape index (κ1) is 19.6. The highest BCUT2D eigenvalue weighted by atomic mass is 16.7. The van der Waals surface area contributed by atoms with Crippen LogP contribution < -0.4 is 9.47 Å². The second-order valence-electron chi connectivity index (χ2n) is 8.01. The fraction of sp³-hybridized carbons (Fsp3) is 0.269. The molecular formula is C26H25NO4. The van der Waals surface area contributed by atoms with Crippen LogP contribution in [0.2, 0.25) is 0 Å². The molecule has 1 fully saturated rings. The molecule has 3 aromatic carbocycles. The summed E-state index contributed by atoms with van der Waals surface area (Å²) in [4.78, 5) is 14.6. The molecule has 0 unspecified atom stereocenters. The predicted octanol–water partition coefficient (Wildman–Crippen LogP) is 4.90. The van der Waals surface area contributed by atoms with Crippen molar-refractivity contribution in [3.05, 3.63) is 83.9 Å². The normalized spacial score (nSPS) is 17.0. The number of nitrogens with zero attached hydrogens (tertiary/aromatic N) is 1. The number of carbonyl (C=O) groups is 1. The van der Waals surface area contributed by atoms with Crippen molar-refractivity contribution in [3.8, 4) is 22.6 Å². The zero-order valence-corrected chi connectivity index (χ0v) is 17.5. The van der Waals surface area contributed by atoms with Crippen LogP contribution >= 0.6 is 0 Å². The molecule has 158 valence electrons. The topological polar surface area (TPSA) is 48.0 Å². The maximum Gasteiger partial charge on any atom is 0.253 e. The summed E-state index contributed by atoms with van der Waals surface area (Å²) in [7, 11) is 1.67. The monoisotopic (exact) mass is 415 g/mol. The fourth-order valence-corrected chi connectivity index (χ4v) is 4.27. The number of hydrogen-bond donors (Lipinski definition) is 0. The lowest BCUT2D eigenvalue weighted by molar-refractivity contribution is -0.225. The van der Waals surface area contributed by atoms with Gasteiger partial charge in [-0.25, -0.2) is 0 Å². The van der Waals surface area contributed by atoms with Crippen LogP contribution in [0.4, 0.5) is 0 Å². The van der Waals surface area contributed by atoms with Gasteiger partial charge in [-0.05, 0) is 47.5 Å². The number of ether oxygens (including phenoxy) is 3. The van der Waals surface area contributed by atoms with Gasteiger partial charge in [0.15, 0.2) is 0 Å². The van der Waals surface area contributed by atoms with Crippen LogP contribution in [0.1, 0.15) is 28.8 Å². The van der Waals surface area contributed by atoms with Crippen LogP contribution in [0, 0.1) is 0 Å². The molecule has 0 saturated carbocycles. The maximum absolute atomic E-state index is 12.7. The molecule has 0 bridgehead atoms. The summed E-state index contributed by atoms with van der Waals surface area (Å²) in [5.74, 6) is 1.10. The molecule has 0 aliphatic carbocycles. The molecule has 1 spiro atoms. The largest absolute Gasteiger partial charge is 0.497 e. The standard InChI is InChI=1S/C26H25NO4/c1-29-23-9-5-8-20(17-23)21-10-11-24-22(16-21)18-30-26(31-24)12-14-27(15-13-26)25(28)19-6-3-2-4-7-19/h2-11,16-17H,12-15,18H2,1H3. The third-order valence-electron chi connectivity index (χ3n) is 6.08. The summed E-state index contributed by atoms with van der Waals surface area (Å²) < 4.78 is 17.9. The Morgan fingerprint density at radius 1 is 0.935 bits per heavy atom. The van der Waals surface area contributed by atoms with E-state index in [0.29, 0.717) is 32.5 Å². The molecule has 3 aromatic rings. The van der Waals surface area contributed by atoms with Crippen LogP contribution in [0.25, 0.3) is 11.1 Å². The Balaban J connectivity index is 1.28. The molecule has 0 radical (unpaired) electrons. The lowest BCUT2D eigenvalue weighted by Gasteiger charge is -2.44. The minimum Gasteiger partial charge on any atom is -0.497 e. The van der Waals surface area contributed by atoms with Crippen LogP contribution in [0.15, 0.2) is 72.8 Å². The average molecular weight is 415 g/mol. The number of carbonyl (C=O) groups excluding carboxylic acids is 1. The number of amides is 1. The number of piperidine rings is 1. The Morgan fingerprint density at radius 3 is 2.48 bits per heavy atom. The summed E-state index contributed by atoms with van der Waals surface area (Å²) in [5, 5.41) is 0. The summed E-state index contributed by atoms with van der Waals surface area (Å²) in [6.07, 6.45) is 1.31. The number of hydrogen-bond acceptors (Lipinski definition) is 4. The molecule has 1 amide bonds. The van der Waals surface area contributed by atoms with Crippen LogP contribution in [-0.4, -0.2) is 36.8 Å². The minimum atomic E-state index is -0.655. The van der Waals surface area contributed by atoms with Gasteiger partial charge in [-0.15, -0.1) is 0 Å². The van der Waals surface area contributed by atoms with Crippen molar-refractivity contribution in [2.75, 3.05) is 20.2 Å². The molecule has 2 heterocycles. The highest BCUT2D eigenvalue weighted by Gasteiger charge is 2.42. The van der Waals surface area contributed by atoms with Crippen molar-refractivity contribution in [3.63, 3.8) is 0 Å². The van der Waals surface area contributed by atoms with Gasteiger partial charge in [-0.3, -0.25) is 4.79 Å². The van der Waals surface area contributed by atoms with Crippen LogP contribution in [-0.2, 0) is 11.3 Å². The Morgan fingerprint density at radius 2 is 1.71 bits per heavy atom. The number of benzene rings is 3. The van der Waals surface area contributed by atoms with Gasteiger partial charge in [-0.1, -0.05) is 36.4 Å². The van der Waals surface area contributed by atoms with E-state index in [1.54, 1.807) is 7.11 Å². The first-order valence-electron chi connectivity index (χ1n) is 10.6. The van der Waals surface area contributed by atoms with Gasteiger partial charge < -0.3 is 19.1 Å². The Bertz CT molecular complexity index is 1090. The van der Waals surface area contributed by atoms with E-state index in [0.717, 1.165) is 33.8 Å². The van der Waals surface area contributed by atoms with Gasteiger partial charge in [-0.2, -0.15) is 0 Å². The molecule has 5 rings (SSSR count). The Kier molecular flexibility index (Phi) is 5.12. The SMILES string of the molecule is COc1cccc(-c2ccc3c(c2)COC2(CCN(C(=O)c4ccccc4)CC2)O3)c1. The molecule has 2 aliphatic heterocycles. The first-order valence-corrected chi connectivity index (χ1v) is 10.6. The van der Waals surface area contributed by atoms with Crippen molar-refractivity contribution in [1.82, 2.24) is 4.90 Å². The van der Waals surface area contributed by atoms with E-state index in [9.17, 15) is 4.79 Å². The molecular weight excluding hydrogens is 390 g/mol. The fourth-order valence-electron chi connectivity index (χ4n) is 4.27. The third-order valence-corrected chi connectivity index (χ3v) is 6.08. The smallest absolute Gasteiger partial charge is 0.253 e. The van der Waals surface area contributed by atoms with Gasteiger partial charge in [0.05, 0.1) is 13.7 Å². The highest BCUT2D eigenvalue weighted by molar-refractivity contribution is 5.94. The van der Waals surface area contributed by atoms with Crippen molar-refractivity contribution in [2.24, 2.45) is 0 Å². The van der Waals surface area contributed by atoms with E-state index in [-0.39, 0.29) is 5.91 Å². The molecule has 0 N–H and O–H groups in total. The summed E-state index contributed by atoms with van der Waals surface area (Å²) >= 11 is 0. The molecule has 0 atom stereocenters. The quantitative estimate of drug-likeness (QED) is 0.610. The third kappa shape index (κ3) is 3.89. The van der Waals surface area contributed by atoms with Gasteiger partial charge >= 0.3 is 0 Å². The lowest BCUT2D eigenvalue weighted by Crippen LogP contribution is -2.52. The van der Waals surface area contributed by atoms with Crippen LogP contribution in [0.3, 0.4) is 0 Å². The highest BCUT2D eigenvalue weighted by Crippen LogP contribution is 2.39.